The van der Waals surface area contributed by atoms with E-state index >= 15 is 0 Å². The van der Waals surface area contributed by atoms with E-state index in [1.54, 1.807) is 19.1 Å². The Morgan fingerprint density at radius 2 is 1.85 bits per heavy atom. The monoisotopic (exact) mass is 327 g/mol. The highest BCUT2D eigenvalue weighted by atomic mass is 35.5. The van der Waals surface area contributed by atoms with E-state index in [-0.39, 0.29) is 0 Å². The average Bonchev–Trinajstić information content (AvgIpc) is 2.42. The van der Waals surface area contributed by atoms with Crippen molar-refractivity contribution in [1.29, 1.82) is 0 Å². The molecule has 2 nitrogen and oxygen atoms in total. The second kappa shape index (κ2) is 6.27. The number of aliphatic hydroxyl groups is 1. The molecular weight excluding hydrogens is 313 g/mol. The quantitative estimate of drug-likeness (QED) is 0.711. The third kappa shape index (κ3) is 3.41. The number of hydrogen-bond acceptors (Lipinski definition) is 3. The third-order valence-corrected chi connectivity index (χ3v) is 3.99. The molecule has 0 spiro atoms. The Hall–Kier alpha value is -0.870. The van der Waals surface area contributed by atoms with Crippen molar-refractivity contribution in [2.75, 3.05) is 4.72 Å². The van der Waals surface area contributed by atoms with E-state index in [1.165, 1.54) is 0 Å². The van der Waals surface area contributed by atoms with Gasteiger partial charge < -0.3 is 9.83 Å². The Bertz CT molecular complexity index is 602. The molecule has 2 rings (SSSR count). The summed E-state index contributed by atoms with van der Waals surface area (Å²) in [6.07, 6.45) is 0.357. The lowest BCUT2D eigenvalue weighted by molar-refractivity contribution is 0.0578. The van der Waals surface area contributed by atoms with Gasteiger partial charge in [-0.2, -0.15) is 0 Å². The topological polar surface area (TPSA) is 32.3 Å². The minimum atomic E-state index is -1.03. The molecule has 0 amide bonds. The van der Waals surface area contributed by atoms with Crippen LogP contribution in [0.5, 0.6) is 0 Å². The van der Waals surface area contributed by atoms with Crippen LogP contribution in [0.15, 0.2) is 42.5 Å². The first-order valence-corrected chi connectivity index (χ1v) is 7.30. The minimum Gasteiger partial charge on any atom is -0.385 e. The molecule has 0 heterocycles. The van der Waals surface area contributed by atoms with Gasteiger partial charge in [0.25, 0.3) is 0 Å². The molecule has 0 aliphatic heterocycles. The molecular formula is C15H15Cl2NOS. The molecule has 2 aromatic rings. The highest BCUT2D eigenvalue weighted by molar-refractivity contribution is 7.81. The summed E-state index contributed by atoms with van der Waals surface area (Å²) in [4.78, 5) is 0. The standard InChI is InChI=1S/C15H15Cl2NOS/c1-15(19,10-5-3-2-4-6-10)9-12-13(17)7-11(16)8-14(12)18-20/h2-8,18-20H,9H2,1H3. The van der Waals surface area contributed by atoms with Crippen LogP contribution in [-0.2, 0) is 12.0 Å². The first-order chi connectivity index (χ1) is 9.44. The highest BCUT2D eigenvalue weighted by Crippen LogP contribution is 2.35. The maximum Gasteiger partial charge on any atom is 0.0910 e. The van der Waals surface area contributed by atoms with Crippen LogP contribution in [0.25, 0.3) is 0 Å². The van der Waals surface area contributed by atoms with E-state index in [9.17, 15) is 5.11 Å². The van der Waals surface area contributed by atoms with Crippen molar-refractivity contribution < 1.29 is 5.11 Å². The van der Waals surface area contributed by atoms with Gasteiger partial charge in [-0.05, 0) is 30.2 Å². The number of benzene rings is 2. The minimum absolute atomic E-state index is 0.357. The van der Waals surface area contributed by atoms with Crippen molar-refractivity contribution in [3.05, 3.63) is 63.6 Å². The second-order valence-electron chi connectivity index (χ2n) is 4.84. The van der Waals surface area contributed by atoms with E-state index in [0.717, 1.165) is 11.1 Å². The van der Waals surface area contributed by atoms with Crippen LogP contribution in [0.4, 0.5) is 5.69 Å². The smallest absolute Gasteiger partial charge is 0.0910 e. The van der Waals surface area contributed by atoms with Crippen molar-refractivity contribution in [2.45, 2.75) is 18.9 Å². The van der Waals surface area contributed by atoms with Gasteiger partial charge in [-0.3, -0.25) is 0 Å². The van der Waals surface area contributed by atoms with Crippen molar-refractivity contribution in [3.8, 4) is 0 Å². The summed E-state index contributed by atoms with van der Waals surface area (Å²) in [5.41, 5.74) is 1.27. The molecule has 0 saturated carbocycles. The van der Waals surface area contributed by atoms with Crippen LogP contribution in [0, 0.1) is 0 Å². The van der Waals surface area contributed by atoms with Crippen LogP contribution in [0.2, 0.25) is 10.0 Å². The molecule has 1 unspecified atom stereocenters. The molecule has 2 aromatic carbocycles. The van der Waals surface area contributed by atoms with Gasteiger partial charge in [-0.15, -0.1) is 0 Å². The zero-order chi connectivity index (χ0) is 14.8. The van der Waals surface area contributed by atoms with Crippen LogP contribution >= 0.6 is 36.0 Å². The van der Waals surface area contributed by atoms with Gasteiger partial charge in [0.05, 0.1) is 11.3 Å². The number of halogens is 2. The predicted octanol–water partition coefficient (Wildman–Crippen LogP) is 4.70. The molecule has 106 valence electrons. The van der Waals surface area contributed by atoms with Gasteiger partial charge in [0.2, 0.25) is 0 Å². The summed E-state index contributed by atoms with van der Waals surface area (Å²) in [7, 11) is 0. The van der Waals surface area contributed by atoms with Crippen molar-refractivity contribution in [2.24, 2.45) is 0 Å². The maximum atomic E-state index is 10.7. The zero-order valence-electron chi connectivity index (χ0n) is 10.9. The van der Waals surface area contributed by atoms with E-state index in [1.807, 2.05) is 30.3 Å². The first kappa shape index (κ1) is 15.5. The summed E-state index contributed by atoms with van der Waals surface area (Å²) in [5.74, 6) is 0. The fourth-order valence-corrected chi connectivity index (χ4v) is 2.89. The number of rotatable bonds is 4. The Balaban J connectivity index is 2.39. The number of nitrogens with one attached hydrogen (secondary N) is 1. The normalized spacial score (nSPS) is 13.8. The number of anilines is 1. The van der Waals surface area contributed by atoms with Gasteiger partial charge in [0.15, 0.2) is 0 Å². The molecule has 2 N–H and O–H groups in total. The van der Waals surface area contributed by atoms with E-state index in [4.69, 9.17) is 23.2 Å². The largest absolute Gasteiger partial charge is 0.385 e. The van der Waals surface area contributed by atoms with Gasteiger partial charge >= 0.3 is 0 Å². The summed E-state index contributed by atoms with van der Waals surface area (Å²) in [5, 5.41) is 11.7. The molecule has 0 aromatic heterocycles. The fraction of sp³-hybridized carbons (Fsp3) is 0.200. The Morgan fingerprint density at radius 3 is 2.45 bits per heavy atom. The van der Waals surface area contributed by atoms with E-state index < -0.39 is 5.60 Å². The number of thiol groups is 1. The van der Waals surface area contributed by atoms with Crippen molar-refractivity contribution >= 4 is 41.7 Å². The summed E-state index contributed by atoms with van der Waals surface area (Å²) >= 11 is 16.3. The summed E-state index contributed by atoms with van der Waals surface area (Å²) < 4.78 is 2.77. The summed E-state index contributed by atoms with van der Waals surface area (Å²) in [6, 6.07) is 12.9. The fourth-order valence-electron chi connectivity index (χ4n) is 2.13. The van der Waals surface area contributed by atoms with E-state index in [2.05, 4.69) is 17.5 Å². The van der Waals surface area contributed by atoms with Crippen LogP contribution in [0.1, 0.15) is 18.1 Å². The van der Waals surface area contributed by atoms with Gasteiger partial charge in [0, 0.05) is 16.5 Å². The Morgan fingerprint density at radius 1 is 1.20 bits per heavy atom. The molecule has 0 radical (unpaired) electrons. The lowest BCUT2D eigenvalue weighted by Gasteiger charge is -2.26. The Labute approximate surface area is 134 Å². The molecule has 1 atom stereocenters. The highest BCUT2D eigenvalue weighted by Gasteiger charge is 2.26. The van der Waals surface area contributed by atoms with E-state index in [0.29, 0.717) is 22.2 Å². The predicted molar refractivity (Wildman–Crippen MR) is 88.8 cm³/mol. The molecule has 0 aliphatic carbocycles. The molecule has 0 saturated heterocycles. The van der Waals surface area contributed by atoms with Crippen molar-refractivity contribution in [3.63, 3.8) is 0 Å². The molecule has 0 bridgehead atoms. The molecule has 20 heavy (non-hydrogen) atoms. The zero-order valence-corrected chi connectivity index (χ0v) is 13.3. The molecule has 0 fully saturated rings. The number of hydrogen-bond donors (Lipinski definition) is 3. The third-order valence-electron chi connectivity index (χ3n) is 3.20. The van der Waals surface area contributed by atoms with Gasteiger partial charge in [-0.1, -0.05) is 66.3 Å². The second-order valence-corrected chi connectivity index (χ2v) is 5.91. The van der Waals surface area contributed by atoms with Crippen LogP contribution < -0.4 is 4.72 Å². The average molecular weight is 328 g/mol. The SMILES string of the molecule is CC(O)(Cc1c(Cl)cc(Cl)cc1NS)c1ccccc1. The van der Waals surface area contributed by atoms with Crippen LogP contribution in [0.3, 0.4) is 0 Å². The lowest BCUT2D eigenvalue weighted by Crippen LogP contribution is -2.24. The van der Waals surface area contributed by atoms with Crippen LogP contribution in [-0.4, -0.2) is 5.11 Å². The Kier molecular flexibility index (Phi) is 4.86. The van der Waals surface area contributed by atoms with Gasteiger partial charge in [0.1, 0.15) is 0 Å². The van der Waals surface area contributed by atoms with Crippen molar-refractivity contribution in [1.82, 2.24) is 0 Å². The maximum absolute atomic E-state index is 10.7. The molecule has 0 aliphatic rings. The van der Waals surface area contributed by atoms with Gasteiger partial charge in [-0.25, -0.2) is 0 Å². The first-order valence-electron chi connectivity index (χ1n) is 6.10. The lowest BCUT2D eigenvalue weighted by atomic mass is 9.88. The molecule has 5 heteroatoms. The summed E-state index contributed by atoms with van der Waals surface area (Å²) in [6.45, 7) is 1.76.